The zero-order valence-corrected chi connectivity index (χ0v) is 12.7. The third kappa shape index (κ3) is 3.41. The molecule has 0 aromatic carbocycles. The SMILES string of the molecule is Cc1cnc(C(=O)Nc2nnc(C3CCCCC3)s2)cn1. The van der Waals surface area contributed by atoms with E-state index >= 15 is 0 Å². The summed E-state index contributed by atoms with van der Waals surface area (Å²) in [6.45, 7) is 1.83. The molecule has 2 aromatic heterocycles. The number of anilines is 1. The van der Waals surface area contributed by atoms with Gasteiger partial charge in [-0.25, -0.2) is 4.98 Å². The van der Waals surface area contributed by atoms with Crippen molar-refractivity contribution in [2.75, 3.05) is 5.32 Å². The van der Waals surface area contributed by atoms with Crippen molar-refractivity contribution < 1.29 is 4.79 Å². The maximum atomic E-state index is 12.0. The summed E-state index contributed by atoms with van der Waals surface area (Å²) in [5.41, 5.74) is 1.07. The third-order valence-electron chi connectivity index (χ3n) is 3.63. The third-order valence-corrected chi connectivity index (χ3v) is 4.63. The Bertz CT molecular complexity index is 619. The Morgan fingerprint density at radius 1 is 1.19 bits per heavy atom. The largest absolute Gasteiger partial charge is 0.295 e. The van der Waals surface area contributed by atoms with Crippen LogP contribution in [-0.2, 0) is 0 Å². The van der Waals surface area contributed by atoms with Crippen LogP contribution in [0.2, 0.25) is 0 Å². The van der Waals surface area contributed by atoms with E-state index in [0.29, 0.717) is 11.0 Å². The second-order valence-corrected chi connectivity index (χ2v) is 6.29. The van der Waals surface area contributed by atoms with Crippen LogP contribution >= 0.6 is 11.3 Å². The zero-order chi connectivity index (χ0) is 14.7. The van der Waals surface area contributed by atoms with Crippen molar-refractivity contribution in [3.63, 3.8) is 0 Å². The van der Waals surface area contributed by atoms with Crippen LogP contribution in [0.5, 0.6) is 0 Å². The lowest BCUT2D eigenvalue weighted by atomic mass is 9.90. The van der Waals surface area contributed by atoms with Crippen molar-refractivity contribution in [1.82, 2.24) is 20.2 Å². The normalized spacial score (nSPS) is 15.9. The van der Waals surface area contributed by atoms with Crippen LogP contribution < -0.4 is 5.32 Å². The zero-order valence-electron chi connectivity index (χ0n) is 11.9. The lowest BCUT2D eigenvalue weighted by Crippen LogP contribution is -2.13. The van der Waals surface area contributed by atoms with Crippen LogP contribution in [0.15, 0.2) is 12.4 Å². The Hall–Kier alpha value is -1.89. The lowest BCUT2D eigenvalue weighted by Gasteiger charge is -2.18. The summed E-state index contributed by atoms with van der Waals surface area (Å²) in [7, 11) is 0. The summed E-state index contributed by atoms with van der Waals surface area (Å²) in [6, 6.07) is 0. The molecule has 0 saturated heterocycles. The number of aromatic nitrogens is 4. The highest BCUT2D eigenvalue weighted by Crippen LogP contribution is 2.35. The topological polar surface area (TPSA) is 80.7 Å². The van der Waals surface area contributed by atoms with E-state index in [-0.39, 0.29) is 11.6 Å². The summed E-state index contributed by atoms with van der Waals surface area (Å²) in [5.74, 6) is 0.204. The highest BCUT2D eigenvalue weighted by Gasteiger charge is 2.20. The van der Waals surface area contributed by atoms with Crippen molar-refractivity contribution in [3.05, 3.63) is 28.8 Å². The molecule has 0 spiro atoms. The molecule has 1 N–H and O–H groups in total. The van der Waals surface area contributed by atoms with Crippen molar-refractivity contribution >= 4 is 22.4 Å². The first-order chi connectivity index (χ1) is 10.2. The molecule has 21 heavy (non-hydrogen) atoms. The standard InChI is InChI=1S/C14H17N5OS/c1-9-7-16-11(8-15-9)12(20)17-14-19-18-13(21-14)10-5-3-2-4-6-10/h7-8,10H,2-6H2,1H3,(H,17,19,20). The second kappa shape index (κ2) is 6.26. The maximum absolute atomic E-state index is 12.0. The van der Waals surface area contributed by atoms with Crippen LogP contribution in [0.1, 0.15) is 59.2 Å². The first-order valence-corrected chi connectivity index (χ1v) is 7.97. The van der Waals surface area contributed by atoms with Crippen LogP contribution in [0.25, 0.3) is 0 Å². The number of carbonyl (C=O) groups excluding carboxylic acids is 1. The fourth-order valence-electron chi connectivity index (χ4n) is 2.47. The number of aryl methyl sites for hydroxylation is 1. The van der Waals surface area contributed by atoms with E-state index in [1.165, 1.54) is 49.6 Å². The quantitative estimate of drug-likeness (QED) is 0.943. The molecule has 1 fully saturated rings. The molecule has 2 aromatic rings. The summed E-state index contributed by atoms with van der Waals surface area (Å²) in [6.07, 6.45) is 9.20. The van der Waals surface area contributed by atoms with E-state index in [4.69, 9.17) is 0 Å². The van der Waals surface area contributed by atoms with E-state index < -0.39 is 0 Å². The van der Waals surface area contributed by atoms with E-state index in [1.54, 1.807) is 6.20 Å². The molecule has 0 radical (unpaired) electrons. The van der Waals surface area contributed by atoms with Crippen molar-refractivity contribution in [2.24, 2.45) is 0 Å². The average Bonchev–Trinajstić information content (AvgIpc) is 2.97. The molecule has 1 saturated carbocycles. The highest BCUT2D eigenvalue weighted by atomic mass is 32.1. The molecule has 0 aliphatic heterocycles. The number of hydrogen-bond donors (Lipinski definition) is 1. The van der Waals surface area contributed by atoms with Gasteiger partial charge in [-0.2, -0.15) is 0 Å². The van der Waals surface area contributed by atoms with Gasteiger partial charge in [0.1, 0.15) is 10.7 Å². The number of amides is 1. The molecule has 0 bridgehead atoms. The Balaban J connectivity index is 1.66. The molecule has 0 atom stereocenters. The van der Waals surface area contributed by atoms with Gasteiger partial charge < -0.3 is 0 Å². The number of hydrogen-bond acceptors (Lipinski definition) is 6. The molecule has 1 amide bonds. The van der Waals surface area contributed by atoms with Crippen LogP contribution in [-0.4, -0.2) is 26.1 Å². The van der Waals surface area contributed by atoms with Gasteiger partial charge in [-0.05, 0) is 19.8 Å². The van der Waals surface area contributed by atoms with E-state index in [1.807, 2.05) is 6.92 Å². The summed E-state index contributed by atoms with van der Waals surface area (Å²) < 4.78 is 0. The highest BCUT2D eigenvalue weighted by molar-refractivity contribution is 7.15. The summed E-state index contributed by atoms with van der Waals surface area (Å²) in [5, 5.41) is 12.6. The van der Waals surface area contributed by atoms with E-state index in [9.17, 15) is 4.79 Å². The maximum Gasteiger partial charge on any atom is 0.277 e. The lowest BCUT2D eigenvalue weighted by molar-refractivity contribution is 0.102. The molecular formula is C14H17N5OS. The van der Waals surface area contributed by atoms with Gasteiger partial charge in [0, 0.05) is 12.1 Å². The average molecular weight is 303 g/mol. The van der Waals surface area contributed by atoms with Gasteiger partial charge >= 0.3 is 0 Å². The Kier molecular flexibility index (Phi) is 4.19. The molecule has 1 aliphatic carbocycles. The molecular weight excluding hydrogens is 286 g/mol. The smallest absolute Gasteiger partial charge is 0.277 e. The number of nitrogens with zero attached hydrogens (tertiary/aromatic N) is 4. The number of rotatable bonds is 3. The van der Waals surface area contributed by atoms with Gasteiger partial charge in [-0.1, -0.05) is 30.6 Å². The van der Waals surface area contributed by atoms with Crippen LogP contribution in [0, 0.1) is 6.92 Å². The van der Waals surface area contributed by atoms with Gasteiger partial charge in [0.15, 0.2) is 0 Å². The first-order valence-electron chi connectivity index (χ1n) is 7.16. The molecule has 6 nitrogen and oxygen atoms in total. The van der Waals surface area contributed by atoms with Crippen LogP contribution in [0.4, 0.5) is 5.13 Å². The molecule has 1 aliphatic rings. The Morgan fingerprint density at radius 2 is 2.00 bits per heavy atom. The van der Waals surface area contributed by atoms with Crippen molar-refractivity contribution in [1.29, 1.82) is 0 Å². The minimum Gasteiger partial charge on any atom is -0.295 e. The Labute approximate surface area is 127 Å². The van der Waals surface area contributed by atoms with Gasteiger partial charge in [0.25, 0.3) is 5.91 Å². The van der Waals surface area contributed by atoms with Gasteiger partial charge in [-0.3, -0.25) is 15.1 Å². The second-order valence-electron chi connectivity index (χ2n) is 5.28. The first kappa shape index (κ1) is 14.1. The fourth-order valence-corrected chi connectivity index (χ4v) is 3.38. The molecule has 3 rings (SSSR count). The van der Waals surface area contributed by atoms with Gasteiger partial charge in [0.2, 0.25) is 5.13 Å². The van der Waals surface area contributed by atoms with E-state index in [2.05, 4.69) is 25.5 Å². The number of nitrogens with one attached hydrogen (secondary N) is 1. The molecule has 0 unspecified atom stereocenters. The van der Waals surface area contributed by atoms with E-state index in [0.717, 1.165) is 10.7 Å². The molecule has 110 valence electrons. The summed E-state index contributed by atoms with van der Waals surface area (Å²) >= 11 is 1.46. The predicted octanol–water partition coefficient (Wildman–Crippen LogP) is 2.94. The minimum atomic E-state index is -0.297. The summed E-state index contributed by atoms with van der Waals surface area (Å²) in [4.78, 5) is 20.2. The molecule has 2 heterocycles. The monoisotopic (exact) mass is 303 g/mol. The molecule has 7 heteroatoms. The fraction of sp³-hybridized carbons (Fsp3) is 0.500. The minimum absolute atomic E-state index is 0.287. The van der Waals surface area contributed by atoms with Crippen LogP contribution in [0.3, 0.4) is 0 Å². The van der Waals surface area contributed by atoms with Crippen molar-refractivity contribution in [2.45, 2.75) is 44.9 Å². The van der Waals surface area contributed by atoms with Gasteiger partial charge in [-0.15, -0.1) is 10.2 Å². The predicted molar refractivity (Wildman–Crippen MR) is 80.5 cm³/mol. The van der Waals surface area contributed by atoms with Crippen molar-refractivity contribution in [3.8, 4) is 0 Å². The van der Waals surface area contributed by atoms with Gasteiger partial charge in [0.05, 0.1) is 11.9 Å². The Morgan fingerprint density at radius 3 is 2.71 bits per heavy atom. The number of carbonyl (C=O) groups is 1.